The van der Waals surface area contributed by atoms with Crippen LogP contribution in [0.15, 0.2) is 33.8 Å². The normalized spacial score (nSPS) is 10.4. The minimum atomic E-state index is -0.0262. The molecule has 3 heteroatoms. The van der Waals surface area contributed by atoms with Gasteiger partial charge in [0.2, 0.25) is 0 Å². The van der Waals surface area contributed by atoms with Crippen molar-refractivity contribution in [3.8, 4) is 0 Å². The Morgan fingerprint density at radius 3 is 3.17 bits per heavy atom. The quantitative estimate of drug-likeness (QED) is 0.588. The van der Waals surface area contributed by atoms with Gasteiger partial charge < -0.3 is 4.42 Å². The van der Waals surface area contributed by atoms with Crippen molar-refractivity contribution in [3.63, 3.8) is 0 Å². The van der Waals surface area contributed by atoms with E-state index in [0.29, 0.717) is 11.0 Å². The summed E-state index contributed by atoms with van der Waals surface area (Å²) in [7, 11) is 0. The molecule has 0 saturated carbocycles. The van der Waals surface area contributed by atoms with E-state index in [0.717, 1.165) is 5.69 Å². The zero-order valence-electron chi connectivity index (χ0n) is 6.57. The molecule has 0 unspecified atom stereocenters. The molecule has 0 atom stereocenters. The first kappa shape index (κ1) is 7.03. The zero-order chi connectivity index (χ0) is 8.55. The first-order valence-corrected chi connectivity index (χ1v) is 3.61. The molecule has 12 heavy (non-hydrogen) atoms. The fraction of sp³-hybridized carbons (Fsp3) is 0.111. The Balaban J connectivity index is 2.98. The van der Waals surface area contributed by atoms with Crippen LogP contribution in [0.5, 0.6) is 0 Å². The molecule has 0 radical (unpaired) electrons. The van der Waals surface area contributed by atoms with E-state index in [2.05, 4.69) is 4.98 Å². The van der Waals surface area contributed by atoms with Gasteiger partial charge in [-0.25, -0.2) is 0 Å². The SMILES string of the molecule is Cc1cc2c(=O)ccoc2cn1. The number of nitrogens with zero attached hydrogens (tertiary/aromatic N) is 1. The minimum absolute atomic E-state index is 0.0262. The molecule has 0 aliphatic heterocycles. The third kappa shape index (κ3) is 0.993. The first-order chi connectivity index (χ1) is 5.77. The van der Waals surface area contributed by atoms with Crippen LogP contribution in [0.3, 0.4) is 0 Å². The lowest BCUT2D eigenvalue weighted by Crippen LogP contribution is -1.98. The second-order valence-corrected chi connectivity index (χ2v) is 2.61. The summed E-state index contributed by atoms with van der Waals surface area (Å²) in [5.74, 6) is 0. The van der Waals surface area contributed by atoms with Crippen LogP contribution < -0.4 is 5.43 Å². The molecule has 0 bridgehead atoms. The molecule has 0 saturated heterocycles. The Kier molecular flexibility index (Phi) is 1.43. The number of hydrogen-bond donors (Lipinski definition) is 0. The van der Waals surface area contributed by atoms with Gasteiger partial charge in [-0.3, -0.25) is 9.78 Å². The van der Waals surface area contributed by atoms with Crippen LogP contribution in [-0.2, 0) is 0 Å². The molecule has 0 aliphatic rings. The predicted molar refractivity (Wildman–Crippen MR) is 45.0 cm³/mol. The van der Waals surface area contributed by atoms with E-state index in [1.54, 1.807) is 12.3 Å². The van der Waals surface area contributed by atoms with Gasteiger partial charge in [0.15, 0.2) is 11.0 Å². The number of aryl methyl sites for hydroxylation is 1. The summed E-state index contributed by atoms with van der Waals surface area (Å²) < 4.78 is 5.08. The standard InChI is InChI=1S/C9H7NO2/c1-6-4-7-8(11)2-3-12-9(7)5-10-6/h2-5H,1H3. The molecule has 0 amide bonds. The fourth-order valence-electron chi connectivity index (χ4n) is 1.09. The van der Waals surface area contributed by atoms with Crippen LogP contribution in [0.1, 0.15) is 5.69 Å². The summed E-state index contributed by atoms with van der Waals surface area (Å²) in [5.41, 5.74) is 1.33. The van der Waals surface area contributed by atoms with Crippen molar-refractivity contribution in [2.75, 3.05) is 0 Å². The van der Waals surface area contributed by atoms with E-state index in [4.69, 9.17) is 4.42 Å². The highest BCUT2D eigenvalue weighted by atomic mass is 16.3. The number of rotatable bonds is 0. The van der Waals surface area contributed by atoms with Crippen molar-refractivity contribution in [2.24, 2.45) is 0 Å². The van der Waals surface area contributed by atoms with Crippen LogP contribution in [0.4, 0.5) is 0 Å². The number of hydrogen-bond acceptors (Lipinski definition) is 3. The first-order valence-electron chi connectivity index (χ1n) is 3.61. The lowest BCUT2D eigenvalue weighted by Gasteiger charge is -1.94. The third-order valence-electron chi connectivity index (χ3n) is 1.68. The average molecular weight is 161 g/mol. The van der Waals surface area contributed by atoms with Crippen LogP contribution in [-0.4, -0.2) is 4.98 Å². The maximum atomic E-state index is 11.2. The van der Waals surface area contributed by atoms with Gasteiger partial charge in [0.25, 0.3) is 0 Å². The van der Waals surface area contributed by atoms with Gasteiger partial charge in [-0.15, -0.1) is 0 Å². The van der Waals surface area contributed by atoms with Crippen molar-refractivity contribution >= 4 is 11.0 Å². The highest BCUT2D eigenvalue weighted by Gasteiger charge is 1.99. The minimum Gasteiger partial charge on any atom is -0.462 e. The zero-order valence-corrected chi connectivity index (χ0v) is 6.57. The highest BCUT2D eigenvalue weighted by Crippen LogP contribution is 2.07. The molecule has 0 spiro atoms. The summed E-state index contributed by atoms with van der Waals surface area (Å²) in [6, 6.07) is 3.13. The van der Waals surface area contributed by atoms with Gasteiger partial charge in [0.1, 0.15) is 0 Å². The summed E-state index contributed by atoms with van der Waals surface area (Å²) in [6.07, 6.45) is 2.94. The maximum absolute atomic E-state index is 11.2. The van der Waals surface area contributed by atoms with Gasteiger partial charge in [0, 0.05) is 11.8 Å². The molecule has 0 aliphatic carbocycles. The van der Waals surface area contributed by atoms with E-state index in [1.807, 2.05) is 6.92 Å². The molecule has 0 aromatic carbocycles. The monoisotopic (exact) mass is 161 g/mol. The Morgan fingerprint density at radius 2 is 2.33 bits per heavy atom. The molecular weight excluding hydrogens is 154 g/mol. The molecule has 2 aromatic rings. The van der Waals surface area contributed by atoms with Crippen molar-refractivity contribution in [1.82, 2.24) is 4.98 Å². The molecule has 3 nitrogen and oxygen atoms in total. The number of pyridine rings is 1. The number of fused-ring (bicyclic) bond motifs is 1. The summed E-state index contributed by atoms with van der Waals surface area (Å²) >= 11 is 0. The van der Waals surface area contributed by atoms with E-state index < -0.39 is 0 Å². The number of aromatic nitrogens is 1. The molecular formula is C9H7NO2. The van der Waals surface area contributed by atoms with E-state index >= 15 is 0 Å². The van der Waals surface area contributed by atoms with Crippen LogP contribution in [0.2, 0.25) is 0 Å². The summed E-state index contributed by atoms with van der Waals surface area (Å²) in [4.78, 5) is 15.3. The van der Waals surface area contributed by atoms with Crippen LogP contribution in [0, 0.1) is 6.92 Å². The van der Waals surface area contributed by atoms with Gasteiger partial charge >= 0.3 is 0 Å². The lowest BCUT2D eigenvalue weighted by atomic mass is 10.2. The topological polar surface area (TPSA) is 43.1 Å². The van der Waals surface area contributed by atoms with Crippen molar-refractivity contribution in [1.29, 1.82) is 0 Å². The van der Waals surface area contributed by atoms with E-state index in [9.17, 15) is 4.79 Å². The van der Waals surface area contributed by atoms with Gasteiger partial charge in [-0.1, -0.05) is 0 Å². The fourth-order valence-corrected chi connectivity index (χ4v) is 1.09. The maximum Gasteiger partial charge on any atom is 0.192 e. The summed E-state index contributed by atoms with van der Waals surface area (Å²) in [5, 5.41) is 0.588. The van der Waals surface area contributed by atoms with Crippen molar-refractivity contribution < 1.29 is 4.42 Å². The second-order valence-electron chi connectivity index (χ2n) is 2.61. The van der Waals surface area contributed by atoms with Crippen molar-refractivity contribution in [2.45, 2.75) is 6.92 Å². The van der Waals surface area contributed by atoms with Crippen molar-refractivity contribution in [3.05, 3.63) is 40.5 Å². The lowest BCUT2D eigenvalue weighted by molar-refractivity contribution is 0.600. The largest absolute Gasteiger partial charge is 0.462 e. The second kappa shape index (κ2) is 2.44. The van der Waals surface area contributed by atoms with E-state index in [1.165, 1.54) is 12.3 Å². The predicted octanol–water partition coefficient (Wildman–Crippen LogP) is 1.50. The average Bonchev–Trinajstić information content (AvgIpc) is 2.07. The molecule has 2 heterocycles. The molecule has 0 fully saturated rings. The van der Waals surface area contributed by atoms with Gasteiger partial charge in [0.05, 0.1) is 17.8 Å². The Bertz CT molecular complexity index is 473. The Hall–Kier alpha value is -1.64. The highest BCUT2D eigenvalue weighted by molar-refractivity contribution is 5.75. The third-order valence-corrected chi connectivity index (χ3v) is 1.68. The summed E-state index contributed by atoms with van der Waals surface area (Å²) in [6.45, 7) is 1.84. The smallest absolute Gasteiger partial charge is 0.192 e. The van der Waals surface area contributed by atoms with Crippen LogP contribution in [0.25, 0.3) is 11.0 Å². The van der Waals surface area contributed by atoms with Gasteiger partial charge in [-0.05, 0) is 13.0 Å². The van der Waals surface area contributed by atoms with Gasteiger partial charge in [-0.2, -0.15) is 0 Å². The molecule has 60 valence electrons. The van der Waals surface area contributed by atoms with E-state index in [-0.39, 0.29) is 5.43 Å². The molecule has 0 N–H and O–H groups in total. The molecule has 2 aromatic heterocycles. The molecule has 2 rings (SSSR count). The Labute approximate surface area is 68.7 Å². The Morgan fingerprint density at radius 1 is 1.50 bits per heavy atom. The van der Waals surface area contributed by atoms with Crippen LogP contribution >= 0.6 is 0 Å².